The first kappa shape index (κ1) is 23.2. The van der Waals surface area contributed by atoms with Crippen molar-refractivity contribution in [1.29, 1.82) is 0 Å². The maximum atomic E-state index is 2.35. The fourth-order valence-corrected chi connectivity index (χ4v) is 3.67. The van der Waals surface area contributed by atoms with Crippen LogP contribution in [-0.4, -0.2) is 14.1 Å². The Balaban J connectivity index is 1.73. The standard InChI is InChI=1S/C27H41N2/c1-5-6-7-8-9-10-11-12-13-21-29-22-20-26(24(2)23-29)17-14-25-15-18-27(19-16-25)28(3)4/h14-20,22-23H,5-13,21H2,1-4H3/q+1. The van der Waals surface area contributed by atoms with Crippen molar-refractivity contribution in [2.75, 3.05) is 19.0 Å². The predicted molar refractivity (Wildman–Crippen MR) is 128 cm³/mol. The normalized spacial score (nSPS) is 11.3. The zero-order valence-electron chi connectivity index (χ0n) is 19.2. The summed E-state index contributed by atoms with van der Waals surface area (Å²) in [6.07, 6.45) is 21.4. The van der Waals surface area contributed by atoms with Crippen LogP contribution in [0.3, 0.4) is 0 Å². The molecule has 0 fully saturated rings. The monoisotopic (exact) mass is 393 g/mol. The van der Waals surface area contributed by atoms with Gasteiger partial charge in [-0.2, -0.15) is 0 Å². The number of rotatable bonds is 13. The largest absolute Gasteiger partial charge is 0.378 e. The number of nitrogens with zero attached hydrogens (tertiary/aromatic N) is 2. The van der Waals surface area contributed by atoms with E-state index in [-0.39, 0.29) is 0 Å². The van der Waals surface area contributed by atoms with Gasteiger partial charge in [0.25, 0.3) is 0 Å². The lowest BCUT2D eigenvalue weighted by Gasteiger charge is -2.11. The van der Waals surface area contributed by atoms with Gasteiger partial charge in [-0.3, -0.25) is 0 Å². The molecule has 2 rings (SSSR count). The van der Waals surface area contributed by atoms with Crippen molar-refractivity contribution in [1.82, 2.24) is 0 Å². The Morgan fingerprint density at radius 2 is 1.41 bits per heavy atom. The van der Waals surface area contributed by atoms with Crippen molar-refractivity contribution in [3.05, 3.63) is 59.4 Å². The van der Waals surface area contributed by atoms with Gasteiger partial charge in [-0.15, -0.1) is 0 Å². The highest BCUT2D eigenvalue weighted by molar-refractivity contribution is 5.71. The van der Waals surface area contributed by atoms with Crippen LogP contribution >= 0.6 is 0 Å². The third-order valence-electron chi connectivity index (χ3n) is 5.65. The number of hydrogen-bond acceptors (Lipinski definition) is 1. The molecule has 0 bridgehead atoms. The lowest BCUT2D eigenvalue weighted by molar-refractivity contribution is -0.697. The maximum Gasteiger partial charge on any atom is 0.172 e. The Hall–Kier alpha value is -2.09. The number of aryl methyl sites for hydroxylation is 2. The molecule has 2 heteroatoms. The smallest absolute Gasteiger partial charge is 0.172 e. The van der Waals surface area contributed by atoms with Gasteiger partial charge in [0.1, 0.15) is 6.54 Å². The molecule has 0 amide bonds. The minimum absolute atomic E-state index is 1.13. The van der Waals surface area contributed by atoms with Crippen molar-refractivity contribution in [2.45, 2.75) is 78.2 Å². The summed E-state index contributed by atoms with van der Waals surface area (Å²) in [6.45, 7) is 5.63. The molecular weight excluding hydrogens is 352 g/mol. The van der Waals surface area contributed by atoms with Gasteiger partial charge >= 0.3 is 0 Å². The Morgan fingerprint density at radius 1 is 0.793 bits per heavy atom. The molecule has 0 radical (unpaired) electrons. The molecule has 29 heavy (non-hydrogen) atoms. The van der Waals surface area contributed by atoms with E-state index in [1.165, 1.54) is 80.2 Å². The molecule has 0 saturated carbocycles. The second kappa shape index (κ2) is 13.2. The average molecular weight is 394 g/mol. The molecule has 0 aliphatic rings. The molecule has 158 valence electrons. The fourth-order valence-electron chi connectivity index (χ4n) is 3.67. The summed E-state index contributed by atoms with van der Waals surface area (Å²) in [7, 11) is 4.14. The summed E-state index contributed by atoms with van der Waals surface area (Å²) in [6, 6.07) is 10.9. The lowest BCUT2D eigenvalue weighted by atomic mass is 10.1. The van der Waals surface area contributed by atoms with Crippen molar-refractivity contribution < 1.29 is 4.57 Å². The number of unbranched alkanes of at least 4 members (excludes halogenated alkanes) is 8. The van der Waals surface area contributed by atoms with Crippen LogP contribution in [-0.2, 0) is 6.54 Å². The second-order valence-corrected chi connectivity index (χ2v) is 8.47. The van der Waals surface area contributed by atoms with Gasteiger partial charge in [-0.1, -0.05) is 76.2 Å². The molecule has 0 aliphatic heterocycles. The van der Waals surface area contributed by atoms with Crippen LogP contribution in [0.1, 0.15) is 81.4 Å². The molecular formula is C27H41N2+. The number of pyridine rings is 1. The van der Waals surface area contributed by atoms with Crippen LogP contribution in [0.25, 0.3) is 12.2 Å². The van der Waals surface area contributed by atoms with E-state index in [1.807, 2.05) is 0 Å². The van der Waals surface area contributed by atoms with Gasteiger partial charge < -0.3 is 4.90 Å². The van der Waals surface area contributed by atoms with E-state index in [1.54, 1.807) is 0 Å². The summed E-state index contributed by atoms with van der Waals surface area (Å²) in [5, 5.41) is 0. The van der Waals surface area contributed by atoms with E-state index in [2.05, 4.69) is 92.3 Å². The summed E-state index contributed by atoms with van der Waals surface area (Å²) in [5.41, 5.74) is 5.10. The quantitative estimate of drug-likeness (QED) is 0.261. The van der Waals surface area contributed by atoms with E-state index < -0.39 is 0 Å². The first-order valence-corrected chi connectivity index (χ1v) is 11.6. The van der Waals surface area contributed by atoms with Crippen LogP contribution < -0.4 is 9.47 Å². The number of aromatic nitrogens is 1. The van der Waals surface area contributed by atoms with Crippen LogP contribution in [0.4, 0.5) is 5.69 Å². The van der Waals surface area contributed by atoms with E-state index in [0.29, 0.717) is 0 Å². The Labute approximate surface area is 179 Å². The molecule has 2 aromatic rings. The molecule has 0 spiro atoms. The van der Waals surface area contributed by atoms with Crippen molar-refractivity contribution >= 4 is 17.8 Å². The zero-order chi connectivity index (χ0) is 20.9. The predicted octanol–water partition coefficient (Wildman–Crippen LogP) is 7.05. The second-order valence-electron chi connectivity index (χ2n) is 8.47. The van der Waals surface area contributed by atoms with Crippen LogP contribution in [0, 0.1) is 6.92 Å². The van der Waals surface area contributed by atoms with Crippen LogP contribution in [0.15, 0.2) is 42.7 Å². The SMILES string of the molecule is CCCCCCCCCCC[n+]1ccc(/C=C/c2ccc(N(C)C)cc2)c(C)c1. The number of anilines is 1. The topological polar surface area (TPSA) is 7.12 Å². The lowest BCUT2D eigenvalue weighted by Crippen LogP contribution is -2.33. The zero-order valence-corrected chi connectivity index (χ0v) is 19.2. The maximum absolute atomic E-state index is 2.35. The first-order chi connectivity index (χ1) is 14.1. The molecule has 0 N–H and O–H groups in total. The summed E-state index contributed by atoms with van der Waals surface area (Å²) in [4.78, 5) is 2.13. The highest BCUT2D eigenvalue weighted by Gasteiger charge is 2.04. The molecule has 1 heterocycles. The minimum Gasteiger partial charge on any atom is -0.378 e. The highest BCUT2D eigenvalue weighted by Crippen LogP contribution is 2.15. The molecule has 1 aromatic carbocycles. The van der Waals surface area contributed by atoms with Gasteiger partial charge in [0.2, 0.25) is 0 Å². The third kappa shape index (κ3) is 8.85. The van der Waals surface area contributed by atoms with Gasteiger partial charge in [0.05, 0.1) is 0 Å². The molecule has 0 saturated heterocycles. The van der Waals surface area contributed by atoms with Crippen molar-refractivity contribution in [3.63, 3.8) is 0 Å². The van der Waals surface area contributed by atoms with Gasteiger partial charge in [-0.25, -0.2) is 4.57 Å². The average Bonchev–Trinajstić information content (AvgIpc) is 2.72. The van der Waals surface area contributed by atoms with Crippen LogP contribution in [0.2, 0.25) is 0 Å². The van der Waals surface area contributed by atoms with E-state index in [4.69, 9.17) is 0 Å². The molecule has 0 unspecified atom stereocenters. The van der Waals surface area contributed by atoms with Gasteiger partial charge in [-0.05, 0) is 36.6 Å². The van der Waals surface area contributed by atoms with Gasteiger partial charge in [0, 0.05) is 37.8 Å². The van der Waals surface area contributed by atoms with E-state index in [9.17, 15) is 0 Å². The first-order valence-electron chi connectivity index (χ1n) is 11.6. The van der Waals surface area contributed by atoms with Crippen molar-refractivity contribution in [2.24, 2.45) is 0 Å². The Morgan fingerprint density at radius 3 is 2.00 bits per heavy atom. The molecule has 2 nitrogen and oxygen atoms in total. The molecule has 0 atom stereocenters. The van der Waals surface area contributed by atoms with E-state index >= 15 is 0 Å². The summed E-state index contributed by atoms with van der Waals surface area (Å²) >= 11 is 0. The number of hydrogen-bond donors (Lipinski definition) is 0. The highest BCUT2D eigenvalue weighted by atomic mass is 15.1. The van der Waals surface area contributed by atoms with Crippen LogP contribution in [0.5, 0.6) is 0 Å². The Kier molecular flexibility index (Phi) is 10.5. The number of benzene rings is 1. The fraction of sp³-hybridized carbons (Fsp3) is 0.519. The summed E-state index contributed by atoms with van der Waals surface area (Å²) < 4.78 is 2.35. The summed E-state index contributed by atoms with van der Waals surface area (Å²) in [5.74, 6) is 0. The minimum atomic E-state index is 1.13. The molecule has 1 aromatic heterocycles. The van der Waals surface area contributed by atoms with E-state index in [0.717, 1.165) is 6.54 Å². The Bertz CT molecular complexity index is 729. The third-order valence-corrected chi connectivity index (χ3v) is 5.65. The van der Waals surface area contributed by atoms with Gasteiger partial charge in [0.15, 0.2) is 12.4 Å². The van der Waals surface area contributed by atoms with Crippen molar-refractivity contribution in [3.8, 4) is 0 Å². The molecule has 0 aliphatic carbocycles.